The second-order valence-electron chi connectivity index (χ2n) is 4.23. The molecule has 7 nitrogen and oxygen atoms in total. The number of nitro groups is 1. The third kappa shape index (κ3) is 3.47. The van der Waals surface area contributed by atoms with E-state index in [9.17, 15) is 19.7 Å². The van der Waals surface area contributed by atoms with E-state index in [4.69, 9.17) is 4.84 Å². The number of oxime groups is 1. The van der Waals surface area contributed by atoms with E-state index in [-0.39, 0.29) is 17.0 Å². The minimum Gasteiger partial charge on any atom is -0.312 e. The van der Waals surface area contributed by atoms with Gasteiger partial charge in [-0.05, 0) is 36.8 Å². The first-order chi connectivity index (χ1) is 9.97. The van der Waals surface area contributed by atoms with E-state index in [1.54, 1.807) is 6.92 Å². The molecule has 0 saturated heterocycles. The average Bonchev–Trinajstić information content (AvgIpc) is 2.48. The molecular formula is C14H10N2O5. The molecule has 1 aromatic rings. The van der Waals surface area contributed by atoms with E-state index in [2.05, 4.69) is 5.16 Å². The van der Waals surface area contributed by atoms with Gasteiger partial charge in [0.25, 0.3) is 5.69 Å². The summed E-state index contributed by atoms with van der Waals surface area (Å²) in [5, 5.41) is 14.2. The maximum Gasteiger partial charge on any atom is 0.366 e. The number of hydrogen-bond donors (Lipinski definition) is 0. The highest BCUT2D eigenvalue weighted by molar-refractivity contribution is 6.18. The lowest BCUT2D eigenvalue weighted by Crippen LogP contribution is -2.07. The lowest BCUT2D eigenvalue weighted by atomic mass is 10.1. The largest absolute Gasteiger partial charge is 0.366 e. The lowest BCUT2D eigenvalue weighted by Gasteiger charge is -2.03. The second-order valence-corrected chi connectivity index (χ2v) is 4.23. The van der Waals surface area contributed by atoms with Crippen LogP contribution in [0.4, 0.5) is 5.69 Å². The number of nitrogens with zero attached hydrogens (tertiary/aromatic N) is 2. The minimum atomic E-state index is -0.817. The number of carbonyl (C=O) groups excluding carboxylic acids is 2. The molecule has 0 spiro atoms. The SMILES string of the molecule is CC1=CC(=NOC(=O)c2cccc([N+](=O)[O-])c2)C=CC1=O. The highest BCUT2D eigenvalue weighted by Crippen LogP contribution is 2.14. The van der Waals surface area contributed by atoms with Gasteiger partial charge in [-0.1, -0.05) is 11.2 Å². The van der Waals surface area contributed by atoms with Crippen molar-refractivity contribution in [3.05, 3.63) is 63.7 Å². The molecule has 1 aliphatic carbocycles. The molecule has 1 aromatic carbocycles. The van der Waals surface area contributed by atoms with Crippen LogP contribution in [0.2, 0.25) is 0 Å². The van der Waals surface area contributed by atoms with Gasteiger partial charge in [0.15, 0.2) is 5.78 Å². The zero-order valence-electron chi connectivity index (χ0n) is 11.0. The number of ketones is 1. The number of benzene rings is 1. The number of hydrogen-bond acceptors (Lipinski definition) is 6. The molecule has 0 unspecified atom stereocenters. The quantitative estimate of drug-likeness (QED) is 0.367. The lowest BCUT2D eigenvalue weighted by molar-refractivity contribution is -0.384. The molecule has 106 valence electrons. The van der Waals surface area contributed by atoms with Crippen molar-refractivity contribution in [2.45, 2.75) is 6.92 Å². The van der Waals surface area contributed by atoms with Crippen LogP contribution in [-0.4, -0.2) is 22.4 Å². The maximum atomic E-state index is 11.7. The first-order valence-electron chi connectivity index (χ1n) is 5.92. The average molecular weight is 286 g/mol. The van der Waals surface area contributed by atoms with Crippen LogP contribution in [0, 0.1) is 10.1 Å². The smallest absolute Gasteiger partial charge is 0.312 e. The molecule has 0 fully saturated rings. The van der Waals surface area contributed by atoms with Gasteiger partial charge in [-0.3, -0.25) is 14.9 Å². The Balaban J connectivity index is 2.12. The summed E-state index contributed by atoms with van der Waals surface area (Å²) in [6.07, 6.45) is 4.20. The van der Waals surface area contributed by atoms with Gasteiger partial charge in [-0.2, -0.15) is 0 Å². The normalized spacial score (nSPS) is 15.8. The van der Waals surface area contributed by atoms with Gasteiger partial charge in [0, 0.05) is 12.1 Å². The molecule has 2 rings (SSSR count). The van der Waals surface area contributed by atoms with Gasteiger partial charge >= 0.3 is 5.97 Å². The number of allylic oxidation sites excluding steroid dienone is 4. The Morgan fingerprint density at radius 2 is 2.10 bits per heavy atom. The standard InChI is InChI=1S/C14H10N2O5/c1-9-7-11(5-6-13(9)17)15-21-14(18)10-3-2-4-12(8-10)16(19)20/h2-8H,1H3. The van der Waals surface area contributed by atoms with E-state index < -0.39 is 10.9 Å². The summed E-state index contributed by atoms with van der Waals surface area (Å²) in [6, 6.07) is 5.13. The van der Waals surface area contributed by atoms with E-state index in [0.717, 1.165) is 6.07 Å². The third-order valence-corrected chi connectivity index (χ3v) is 2.69. The molecule has 0 aliphatic heterocycles. The molecule has 7 heteroatoms. The Morgan fingerprint density at radius 1 is 1.33 bits per heavy atom. The first kappa shape index (κ1) is 14.3. The fourth-order valence-corrected chi connectivity index (χ4v) is 1.58. The summed E-state index contributed by atoms with van der Waals surface area (Å²) in [4.78, 5) is 37.7. The molecule has 0 bridgehead atoms. The van der Waals surface area contributed by atoms with Crippen molar-refractivity contribution < 1.29 is 19.3 Å². The van der Waals surface area contributed by atoms with Gasteiger partial charge in [-0.15, -0.1) is 0 Å². The first-order valence-corrected chi connectivity index (χ1v) is 5.92. The molecule has 0 N–H and O–H groups in total. The van der Waals surface area contributed by atoms with Crippen LogP contribution < -0.4 is 0 Å². The van der Waals surface area contributed by atoms with Crippen LogP contribution in [0.1, 0.15) is 17.3 Å². The summed E-state index contributed by atoms with van der Waals surface area (Å²) in [6.45, 7) is 1.61. The van der Waals surface area contributed by atoms with Crippen LogP contribution in [0.25, 0.3) is 0 Å². The summed E-state index contributed by atoms with van der Waals surface area (Å²) in [5.74, 6) is -0.957. The predicted octanol–water partition coefficient (Wildman–Crippen LogP) is 2.19. The van der Waals surface area contributed by atoms with E-state index in [1.165, 1.54) is 36.4 Å². The summed E-state index contributed by atoms with van der Waals surface area (Å²) >= 11 is 0. The Labute approximate surface area is 119 Å². The zero-order chi connectivity index (χ0) is 15.4. The van der Waals surface area contributed by atoms with E-state index >= 15 is 0 Å². The molecule has 0 radical (unpaired) electrons. The van der Waals surface area contributed by atoms with Gasteiger partial charge in [0.05, 0.1) is 10.5 Å². The summed E-state index contributed by atoms with van der Waals surface area (Å²) in [7, 11) is 0. The topological polar surface area (TPSA) is 98.9 Å². The molecule has 0 atom stereocenters. The Bertz CT molecular complexity index is 716. The Morgan fingerprint density at radius 3 is 2.76 bits per heavy atom. The molecule has 0 heterocycles. The van der Waals surface area contributed by atoms with Gasteiger partial charge in [-0.25, -0.2) is 4.79 Å². The van der Waals surface area contributed by atoms with Crippen molar-refractivity contribution >= 4 is 23.2 Å². The van der Waals surface area contributed by atoms with Gasteiger partial charge in [0.2, 0.25) is 0 Å². The molecule has 0 saturated carbocycles. The molecule has 21 heavy (non-hydrogen) atoms. The van der Waals surface area contributed by atoms with E-state index in [0.29, 0.717) is 11.3 Å². The van der Waals surface area contributed by atoms with Crippen molar-refractivity contribution in [3.8, 4) is 0 Å². The van der Waals surface area contributed by atoms with Gasteiger partial charge < -0.3 is 4.84 Å². The number of nitro benzene ring substituents is 1. The van der Waals surface area contributed by atoms with Gasteiger partial charge in [0.1, 0.15) is 5.71 Å². The monoisotopic (exact) mass is 286 g/mol. The van der Waals surface area contributed by atoms with Crippen molar-refractivity contribution in [1.82, 2.24) is 0 Å². The molecular weight excluding hydrogens is 276 g/mol. The fourth-order valence-electron chi connectivity index (χ4n) is 1.58. The van der Waals surface area contributed by atoms with Crippen molar-refractivity contribution in [1.29, 1.82) is 0 Å². The van der Waals surface area contributed by atoms with Crippen LogP contribution in [0.5, 0.6) is 0 Å². The number of non-ortho nitro benzene ring substituents is 1. The van der Waals surface area contributed by atoms with Crippen molar-refractivity contribution in [2.24, 2.45) is 5.16 Å². The van der Waals surface area contributed by atoms with Crippen LogP contribution in [0.15, 0.2) is 53.2 Å². The number of carbonyl (C=O) groups is 2. The van der Waals surface area contributed by atoms with Crippen molar-refractivity contribution in [3.63, 3.8) is 0 Å². The molecule has 0 amide bonds. The Kier molecular flexibility index (Phi) is 4.03. The molecule has 1 aliphatic rings. The highest BCUT2D eigenvalue weighted by atomic mass is 16.7. The predicted molar refractivity (Wildman–Crippen MR) is 73.9 cm³/mol. The highest BCUT2D eigenvalue weighted by Gasteiger charge is 2.13. The van der Waals surface area contributed by atoms with Crippen LogP contribution >= 0.6 is 0 Å². The molecule has 0 aromatic heterocycles. The summed E-state index contributed by atoms with van der Waals surface area (Å²) < 4.78 is 0. The maximum absolute atomic E-state index is 11.7. The second kappa shape index (κ2) is 5.91. The fraction of sp³-hybridized carbons (Fsp3) is 0.0714. The number of rotatable bonds is 3. The summed E-state index contributed by atoms with van der Waals surface area (Å²) in [5.41, 5.74) is 0.592. The van der Waals surface area contributed by atoms with E-state index in [1.807, 2.05) is 0 Å². The van der Waals surface area contributed by atoms with Crippen LogP contribution in [-0.2, 0) is 9.63 Å². The minimum absolute atomic E-state index is 0.0186. The zero-order valence-corrected chi connectivity index (χ0v) is 11.0. The van der Waals surface area contributed by atoms with Crippen LogP contribution in [0.3, 0.4) is 0 Å². The van der Waals surface area contributed by atoms with Crippen molar-refractivity contribution in [2.75, 3.05) is 0 Å². The third-order valence-electron chi connectivity index (χ3n) is 2.69. The Hall–Kier alpha value is -3.09.